The summed E-state index contributed by atoms with van der Waals surface area (Å²) in [7, 11) is 0. The van der Waals surface area contributed by atoms with Gasteiger partial charge in [-0.3, -0.25) is 4.98 Å². The molecule has 1 aromatic rings. The summed E-state index contributed by atoms with van der Waals surface area (Å²) in [6.45, 7) is 0.814. The highest BCUT2D eigenvalue weighted by Crippen LogP contribution is 2.27. The second-order valence-corrected chi connectivity index (χ2v) is 3.56. The molecule has 2 heterocycles. The van der Waals surface area contributed by atoms with Crippen LogP contribution in [-0.4, -0.2) is 17.7 Å². The standard InChI is InChI=1S/C8H7Cl2NO/c9-7-2-11-3-8(10)6(7)1-5-4-12-5/h2-3,5H,1,4H2. The molecule has 1 saturated heterocycles. The fourth-order valence-electron chi connectivity index (χ4n) is 1.05. The molecular weight excluding hydrogens is 197 g/mol. The van der Waals surface area contributed by atoms with Crippen LogP contribution in [0, 0.1) is 0 Å². The summed E-state index contributed by atoms with van der Waals surface area (Å²) in [6.07, 6.45) is 4.30. The lowest BCUT2D eigenvalue weighted by Gasteiger charge is -2.02. The highest BCUT2D eigenvalue weighted by molar-refractivity contribution is 6.35. The number of pyridine rings is 1. The van der Waals surface area contributed by atoms with Gasteiger partial charge >= 0.3 is 0 Å². The van der Waals surface area contributed by atoms with Gasteiger partial charge in [0.15, 0.2) is 0 Å². The number of aromatic nitrogens is 1. The number of halogens is 2. The van der Waals surface area contributed by atoms with Gasteiger partial charge in [0.05, 0.1) is 22.8 Å². The van der Waals surface area contributed by atoms with Gasteiger partial charge in [-0.05, 0) is 5.56 Å². The van der Waals surface area contributed by atoms with Crippen LogP contribution >= 0.6 is 23.2 Å². The lowest BCUT2D eigenvalue weighted by atomic mass is 10.1. The van der Waals surface area contributed by atoms with Crippen molar-refractivity contribution in [1.29, 1.82) is 0 Å². The van der Waals surface area contributed by atoms with Crippen LogP contribution in [-0.2, 0) is 11.2 Å². The Kier molecular flexibility index (Phi) is 2.22. The average molecular weight is 204 g/mol. The summed E-state index contributed by atoms with van der Waals surface area (Å²) in [6, 6.07) is 0. The smallest absolute Gasteiger partial charge is 0.0851 e. The molecule has 0 aromatic carbocycles. The molecule has 0 spiro atoms. The molecule has 1 atom stereocenters. The Labute approximate surface area is 80.5 Å². The second kappa shape index (κ2) is 3.21. The van der Waals surface area contributed by atoms with Crippen molar-refractivity contribution in [3.63, 3.8) is 0 Å². The molecule has 1 aromatic heterocycles. The first kappa shape index (κ1) is 8.30. The van der Waals surface area contributed by atoms with Gasteiger partial charge < -0.3 is 4.74 Å². The maximum absolute atomic E-state index is 5.90. The highest BCUT2D eigenvalue weighted by atomic mass is 35.5. The Bertz CT molecular complexity index is 279. The van der Waals surface area contributed by atoms with Crippen molar-refractivity contribution in [3.8, 4) is 0 Å². The van der Waals surface area contributed by atoms with E-state index in [1.807, 2.05) is 0 Å². The van der Waals surface area contributed by atoms with Crippen molar-refractivity contribution < 1.29 is 4.74 Å². The van der Waals surface area contributed by atoms with Crippen molar-refractivity contribution >= 4 is 23.2 Å². The van der Waals surface area contributed by atoms with E-state index in [9.17, 15) is 0 Å². The van der Waals surface area contributed by atoms with E-state index < -0.39 is 0 Å². The second-order valence-electron chi connectivity index (χ2n) is 2.74. The largest absolute Gasteiger partial charge is 0.373 e. The lowest BCUT2D eigenvalue weighted by Crippen LogP contribution is -1.95. The minimum absolute atomic E-state index is 0.308. The molecule has 0 radical (unpaired) electrons. The van der Waals surface area contributed by atoms with Crippen molar-refractivity contribution in [2.24, 2.45) is 0 Å². The number of nitrogens with zero attached hydrogens (tertiary/aromatic N) is 1. The number of rotatable bonds is 2. The summed E-state index contributed by atoms with van der Waals surface area (Å²) in [5, 5.41) is 1.25. The SMILES string of the molecule is Clc1cncc(Cl)c1CC1CO1. The molecule has 12 heavy (non-hydrogen) atoms. The van der Waals surface area contributed by atoms with Gasteiger partial charge in [-0.1, -0.05) is 23.2 Å². The van der Waals surface area contributed by atoms with Crippen LogP contribution in [0.3, 0.4) is 0 Å². The first-order chi connectivity index (χ1) is 5.77. The van der Waals surface area contributed by atoms with E-state index in [4.69, 9.17) is 27.9 Å². The van der Waals surface area contributed by atoms with Crippen LogP contribution in [0.25, 0.3) is 0 Å². The van der Waals surface area contributed by atoms with Gasteiger partial charge in [0.1, 0.15) is 0 Å². The van der Waals surface area contributed by atoms with E-state index in [0.29, 0.717) is 16.1 Å². The molecule has 0 saturated carbocycles. The molecule has 1 aliphatic heterocycles. The summed E-state index contributed by atoms with van der Waals surface area (Å²) in [4.78, 5) is 3.87. The van der Waals surface area contributed by atoms with Gasteiger partial charge in [-0.25, -0.2) is 0 Å². The Morgan fingerprint density at radius 1 is 1.42 bits per heavy atom. The minimum Gasteiger partial charge on any atom is -0.373 e. The topological polar surface area (TPSA) is 25.4 Å². The fourth-order valence-corrected chi connectivity index (χ4v) is 1.57. The molecule has 2 rings (SSSR count). The minimum atomic E-state index is 0.308. The Morgan fingerprint density at radius 2 is 2.00 bits per heavy atom. The number of hydrogen-bond donors (Lipinski definition) is 0. The van der Waals surface area contributed by atoms with E-state index in [1.165, 1.54) is 0 Å². The zero-order valence-corrected chi connectivity index (χ0v) is 7.77. The Balaban J connectivity index is 2.26. The number of hydrogen-bond acceptors (Lipinski definition) is 2. The van der Waals surface area contributed by atoms with Crippen LogP contribution in [0.2, 0.25) is 10.0 Å². The first-order valence-corrected chi connectivity index (χ1v) is 4.42. The quantitative estimate of drug-likeness (QED) is 0.690. The van der Waals surface area contributed by atoms with Gasteiger partial charge in [-0.2, -0.15) is 0 Å². The van der Waals surface area contributed by atoms with E-state index >= 15 is 0 Å². The summed E-state index contributed by atoms with van der Waals surface area (Å²) in [5.41, 5.74) is 0.941. The normalized spacial score (nSPS) is 21.0. The third kappa shape index (κ3) is 1.71. The number of ether oxygens (including phenoxy) is 1. The van der Waals surface area contributed by atoms with Crippen LogP contribution < -0.4 is 0 Å². The van der Waals surface area contributed by atoms with Crippen molar-refractivity contribution in [2.45, 2.75) is 12.5 Å². The predicted molar refractivity (Wildman–Crippen MR) is 47.7 cm³/mol. The van der Waals surface area contributed by atoms with Crippen LogP contribution in [0.4, 0.5) is 0 Å². The highest BCUT2D eigenvalue weighted by Gasteiger charge is 2.24. The third-order valence-electron chi connectivity index (χ3n) is 1.79. The molecule has 2 nitrogen and oxygen atoms in total. The van der Waals surface area contributed by atoms with E-state index in [1.54, 1.807) is 12.4 Å². The maximum atomic E-state index is 5.90. The van der Waals surface area contributed by atoms with Crippen LogP contribution in [0.5, 0.6) is 0 Å². The average Bonchev–Trinajstić information content (AvgIpc) is 2.80. The summed E-state index contributed by atoms with van der Waals surface area (Å²) in [5.74, 6) is 0. The molecule has 0 N–H and O–H groups in total. The van der Waals surface area contributed by atoms with Gasteiger partial charge in [0.25, 0.3) is 0 Å². The van der Waals surface area contributed by atoms with Crippen molar-refractivity contribution in [2.75, 3.05) is 6.61 Å². The van der Waals surface area contributed by atoms with E-state index in [-0.39, 0.29) is 0 Å². The zero-order chi connectivity index (χ0) is 8.55. The third-order valence-corrected chi connectivity index (χ3v) is 2.44. The van der Waals surface area contributed by atoms with Crippen LogP contribution in [0.15, 0.2) is 12.4 Å². The predicted octanol–water partition coefficient (Wildman–Crippen LogP) is 2.33. The molecular formula is C8H7Cl2NO. The maximum Gasteiger partial charge on any atom is 0.0851 e. The Morgan fingerprint density at radius 3 is 2.50 bits per heavy atom. The molecule has 1 unspecified atom stereocenters. The molecule has 64 valence electrons. The van der Waals surface area contributed by atoms with Gasteiger partial charge in [0.2, 0.25) is 0 Å². The molecule has 0 bridgehead atoms. The summed E-state index contributed by atoms with van der Waals surface area (Å²) < 4.78 is 5.08. The fraction of sp³-hybridized carbons (Fsp3) is 0.375. The van der Waals surface area contributed by atoms with E-state index in [0.717, 1.165) is 18.6 Å². The van der Waals surface area contributed by atoms with Gasteiger partial charge in [-0.15, -0.1) is 0 Å². The van der Waals surface area contributed by atoms with Crippen LogP contribution in [0.1, 0.15) is 5.56 Å². The van der Waals surface area contributed by atoms with Crippen molar-refractivity contribution in [3.05, 3.63) is 28.0 Å². The lowest BCUT2D eigenvalue weighted by molar-refractivity contribution is 0.407. The molecule has 4 heteroatoms. The van der Waals surface area contributed by atoms with E-state index in [2.05, 4.69) is 4.98 Å². The zero-order valence-electron chi connectivity index (χ0n) is 6.26. The molecule has 1 fully saturated rings. The monoisotopic (exact) mass is 203 g/mol. The molecule has 1 aliphatic rings. The Hall–Kier alpha value is -0.310. The summed E-state index contributed by atoms with van der Waals surface area (Å²) >= 11 is 11.8. The van der Waals surface area contributed by atoms with Gasteiger partial charge in [0, 0.05) is 18.8 Å². The molecule has 0 amide bonds. The number of epoxide rings is 1. The van der Waals surface area contributed by atoms with Crippen molar-refractivity contribution in [1.82, 2.24) is 4.98 Å². The first-order valence-electron chi connectivity index (χ1n) is 3.67. The molecule has 0 aliphatic carbocycles.